The van der Waals surface area contributed by atoms with Crippen molar-refractivity contribution in [1.29, 1.82) is 0 Å². The number of hydrogen-bond acceptors (Lipinski definition) is 12. The molecule has 13 nitrogen and oxygen atoms in total. The summed E-state index contributed by atoms with van der Waals surface area (Å²) in [5.74, 6) is -2.63. The number of rotatable bonds is 7. The predicted octanol–water partition coefficient (Wildman–Crippen LogP) is -2.56. The Balaban J connectivity index is 0.000000362. The number of nitrogens with one attached hydrogen (secondary N) is 1. The molecule has 3 heterocycles. The van der Waals surface area contributed by atoms with E-state index >= 15 is 0 Å². The van der Waals surface area contributed by atoms with E-state index in [0.717, 1.165) is 11.3 Å². The molecule has 1 saturated heterocycles. The van der Waals surface area contributed by atoms with E-state index in [2.05, 4.69) is 15.0 Å². The Morgan fingerprint density at radius 2 is 2.00 bits per heavy atom. The maximum absolute atomic E-state index is 11.3. The zero-order chi connectivity index (χ0) is 27.2. The number of alkyl halides is 3. The number of aliphatic hydroxyl groups excluding tert-OH is 1. The van der Waals surface area contributed by atoms with Crippen LogP contribution < -0.4 is 45.7 Å². The summed E-state index contributed by atoms with van der Waals surface area (Å²) in [7, 11) is 0. The number of thioether (sulfide) groups is 1. The Morgan fingerprint density at radius 1 is 1.35 bits per heavy atom. The number of thiazole rings is 1. The van der Waals surface area contributed by atoms with Crippen LogP contribution in [0.25, 0.3) is 0 Å². The molecular weight excluding hydrogens is 610 g/mol. The van der Waals surface area contributed by atoms with Gasteiger partial charge in [0.15, 0.2) is 11.2 Å². The van der Waals surface area contributed by atoms with Crippen molar-refractivity contribution in [3.05, 3.63) is 22.3 Å². The Morgan fingerprint density at radius 3 is 2.51 bits per heavy atom. The molecule has 19 heteroatoms. The van der Waals surface area contributed by atoms with Gasteiger partial charge >= 0.3 is 41.6 Å². The summed E-state index contributed by atoms with van der Waals surface area (Å²) >= 11 is 18.6. The summed E-state index contributed by atoms with van der Waals surface area (Å²) in [6.07, 6.45) is -2.08. The fourth-order valence-electron chi connectivity index (χ4n) is 2.65. The second-order valence-corrected chi connectivity index (χ2v) is 11.5. The number of anilines is 1. The van der Waals surface area contributed by atoms with Crippen molar-refractivity contribution in [2.45, 2.75) is 28.6 Å². The molecule has 37 heavy (non-hydrogen) atoms. The van der Waals surface area contributed by atoms with Crippen LogP contribution in [0.15, 0.2) is 16.7 Å². The summed E-state index contributed by atoms with van der Waals surface area (Å²) in [6.45, 7) is 0.695. The van der Waals surface area contributed by atoms with Crippen LogP contribution in [0, 0.1) is 0 Å². The Bertz CT molecular complexity index is 1080. The molecule has 0 radical (unpaired) electrons. The molecule has 3 rings (SSSR count). The first-order valence-electron chi connectivity index (χ1n) is 9.63. The van der Waals surface area contributed by atoms with Crippen molar-refractivity contribution < 1.29 is 73.2 Å². The molecule has 0 spiro atoms. The normalized spacial score (nSPS) is 17.2. The number of amides is 3. The van der Waals surface area contributed by atoms with E-state index in [1.165, 1.54) is 29.0 Å². The van der Waals surface area contributed by atoms with Crippen LogP contribution in [0.3, 0.4) is 0 Å². The number of halogens is 3. The zero-order valence-electron chi connectivity index (χ0n) is 19.2. The number of aliphatic carboxylic acids is 1. The van der Waals surface area contributed by atoms with Crippen LogP contribution in [-0.4, -0.2) is 73.0 Å². The van der Waals surface area contributed by atoms with Crippen LogP contribution in [0.4, 0.5) is 9.93 Å². The number of β-lactam (4-membered cyclic amide) rings is 1. The van der Waals surface area contributed by atoms with E-state index in [4.69, 9.17) is 45.3 Å². The monoisotopic (exact) mass is 626 g/mol. The van der Waals surface area contributed by atoms with Gasteiger partial charge in [-0.3, -0.25) is 24.6 Å². The molecule has 2 aliphatic heterocycles. The molecular formula is C18H18Cl3N4NaO9S2. The number of carboxylic acids is 1. The topological polar surface area (TPSA) is 201 Å². The molecule has 1 unspecified atom stereocenters. The molecule has 198 valence electrons. The molecule has 0 aromatic carbocycles. The molecule has 0 aliphatic carbocycles. The third kappa shape index (κ3) is 10.4. The predicted molar refractivity (Wildman–Crippen MR) is 128 cm³/mol. The van der Waals surface area contributed by atoms with E-state index in [1.54, 1.807) is 0 Å². The molecule has 1 aromatic rings. The first-order chi connectivity index (χ1) is 16.7. The van der Waals surface area contributed by atoms with Crippen molar-refractivity contribution in [1.82, 2.24) is 9.88 Å². The smallest absolute Gasteiger partial charge is 0.543 e. The maximum atomic E-state index is 11.3. The van der Waals surface area contributed by atoms with Gasteiger partial charge in [-0.2, -0.15) is 0 Å². The maximum Gasteiger partial charge on any atom is 1.00 e. The van der Waals surface area contributed by atoms with E-state index in [1.807, 2.05) is 0 Å². The number of carbonyl (C=O) groups is 5. The van der Waals surface area contributed by atoms with Gasteiger partial charge in [0, 0.05) is 23.6 Å². The van der Waals surface area contributed by atoms with Gasteiger partial charge in [0.25, 0.3) is 5.91 Å². The van der Waals surface area contributed by atoms with Gasteiger partial charge in [-0.15, -0.1) is 23.1 Å². The fourth-order valence-corrected chi connectivity index (χ4v) is 4.78. The minimum Gasteiger partial charge on any atom is -0.543 e. The first-order valence-corrected chi connectivity index (χ1v) is 12.7. The number of ether oxygens (including phenoxy) is 2. The van der Waals surface area contributed by atoms with E-state index in [-0.39, 0.29) is 64.0 Å². The van der Waals surface area contributed by atoms with Gasteiger partial charge in [0.1, 0.15) is 13.2 Å². The van der Waals surface area contributed by atoms with Crippen molar-refractivity contribution >= 4 is 92.9 Å². The number of carbonyl (C=O) groups excluding carboxylic acids is 5. The minimum absolute atomic E-state index is 0. The standard InChI is InChI=1S/C10H11NO5S.C8H8Cl3N3O4S.Na/c1-5(12)16-3-6-4-17-8-2-7(13)11(8)9(6)10(14)15;9-8(10,11)2-18-7(17)14-6-13-3(1-19-6)4(15)5(12)16;/h8H,2-4H2,1H3,(H,14,15);1,4,15H,2H2,(H2,12,16)(H,13,14,17);/q;;+1/p-1/t8-;;/m1../s1. The number of nitrogens with two attached hydrogens (primary N) is 1. The van der Waals surface area contributed by atoms with Crippen LogP contribution >= 0.6 is 57.9 Å². The van der Waals surface area contributed by atoms with Gasteiger partial charge in [0.05, 0.1) is 29.2 Å². The summed E-state index contributed by atoms with van der Waals surface area (Å²) in [6, 6.07) is 0. The van der Waals surface area contributed by atoms with E-state index < -0.39 is 40.4 Å². The molecule has 1 aromatic heterocycles. The second-order valence-electron chi connectivity index (χ2n) is 6.95. The molecule has 0 bridgehead atoms. The fraction of sp³-hybridized carbons (Fsp3) is 0.444. The number of primary amides is 1. The molecule has 0 saturated carbocycles. The third-order valence-electron chi connectivity index (χ3n) is 4.22. The number of aliphatic hydroxyl groups is 1. The number of hydrogen-bond donors (Lipinski definition) is 3. The van der Waals surface area contributed by atoms with Crippen molar-refractivity contribution in [3.8, 4) is 0 Å². The Hall–Kier alpha value is -1.30. The molecule has 2 atom stereocenters. The molecule has 1 fully saturated rings. The minimum atomic E-state index is -1.71. The van der Waals surface area contributed by atoms with E-state index in [9.17, 15) is 34.2 Å². The quantitative estimate of drug-likeness (QED) is 0.124. The Kier molecular flexibility index (Phi) is 13.4. The van der Waals surface area contributed by atoms with Gasteiger partial charge in [-0.05, 0) is 0 Å². The van der Waals surface area contributed by atoms with Crippen LogP contribution in [-0.2, 0) is 28.7 Å². The van der Waals surface area contributed by atoms with Gasteiger partial charge in [-0.1, -0.05) is 34.8 Å². The SMILES string of the molecule is CC(=O)OCC1=C(C(=O)[O-])N2C(=O)C[C@H]2SC1.NC(=O)C(O)c1csc(NC(=O)OCC(Cl)(Cl)Cl)n1.[Na+]. The third-order valence-corrected chi connectivity index (χ3v) is 6.60. The number of fused-ring (bicyclic) bond motifs is 1. The van der Waals surface area contributed by atoms with Crippen molar-refractivity contribution in [2.24, 2.45) is 5.73 Å². The van der Waals surface area contributed by atoms with Crippen molar-refractivity contribution in [2.75, 3.05) is 24.3 Å². The number of aromatic nitrogens is 1. The zero-order valence-corrected chi connectivity index (χ0v) is 25.1. The first kappa shape index (κ1) is 33.7. The Labute approximate surface area is 255 Å². The number of carboxylic acid groups (broad SMARTS) is 1. The van der Waals surface area contributed by atoms with E-state index in [0.29, 0.717) is 17.7 Å². The summed E-state index contributed by atoms with van der Waals surface area (Å²) < 4.78 is 7.64. The van der Waals surface area contributed by atoms with Gasteiger partial charge < -0.3 is 30.2 Å². The number of esters is 1. The molecule has 3 amide bonds. The summed E-state index contributed by atoms with van der Waals surface area (Å²) in [5.41, 5.74) is 5.19. The largest absolute Gasteiger partial charge is 1.00 e. The van der Waals surface area contributed by atoms with Crippen molar-refractivity contribution in [3.63, 3.8) is 0 Å². The van der Waals surface area contributed by atoms with Gasteiger partial charge in [0.2, 0.25) is 9.70 Å². The molecule has 2 aliphatic rings. The van der Waals surface area contributed by atoms with Gasteiger partial charge in [-0.25, -0.2) is 9.78 Å². The number of nitrogens with zero attached hydrogens (tertiary/aromatic N) is 2. The van der Waals surface area contributed by atoms with Crippen LogP contribution in [0.1, 0.15) is 25.1 Å². The summed E-state index contributed by atoms with van der Waals surface area (Å²) in [5, 5.41) is 23.9. The summed E-state index contributed by atoms with van der Waals surface area (Å²) in [4.78, 5) is 60.1. The van der Waals surface area contributed by atoms with Crippen LogP contribution in [0.2, 0.25) is 0 Å². The average molecular weight is 628 g/mol. The molecule has 4 N–H and O–H groups in total. The second kappa shape index (κ2) is 14.7. The average Bonchev–Trinajstić information content (AvgIpc) is 3.23. The van der Waals surface area contributed by atoms with Crippen LogP contribution in [0.5, 0.6) is 0 Å².